The summed E-state index contributed by atoms with van der Waals surface area (Å²) >= 11 is 3.35. The summed E-state index contributed by atoms with van der Waals surface area (Å²) in [6.07, 6.45) is 0.230. The molecular formula is C22H21BrN2O3S. The third kappa shape index (κ3) is 6.00. The Bertz CT molecular complexity index is 1070. The Hall–Kier alpha value is -2.48. The summed E-state index contributed by atoms with van der Waals surface area (Å²) < 4.78 is 29.1. The van der Waals surface area contributed by atoms with Gasteiger partial charge in [0.05, 0.1) is 4.90 Å². The number of carbonyl (C=O) groups is 1. The SMILES string of the molecule is Cc1ccc(S(=O)(=O)N[C@@H](Cc2ccccc2)C(=O)Nc2ccc(Br)cc2)cc1. The highest BCUT2D eigenvalue weighted by molar-refractivity contribution is 9.10. The molecule has 5 nitrogen and oxygen atoms in total. The van der Waals surface area contributed by atoms with Crippen LogP contribution in [0.5, 0.6) is 0 Å². The molecule has 3 aromatic carbocycles. The van der Waals surface area contributed by atoms with Gasteiger partial charge in [-0.15, -0.1) is 0 Å². The molecule has 150 valence electrons. The van der Waals surface area contributed by atoms with Crippen molar-refractivity contribution in [1.82, 2.24) is 4.72 Å². The van der Waals surface area contributed by atoms with E-state index in [9.17, 15) is 13.2 Å². The zero-order valence-corrected chi connectivity index (χ0v) is 18.2. The number of amides is 1. The molecule has 1 amide bonds. The number of halogens is 1. The maximum Gasteiger partial charge on any atom is 0.242 e. The van der Waals surface area contributed by atoms with Crippen LogP contribution in [0.1, 0.15) is 11.1 Å². The first-order valence-electron chi connectivity index (χ1n) is 9.03. The third-order valence-corrected chi connectivity index (χ3v) is 6.36. The Labute approximate surface area is 179 Å². The molecule has 1 atom stereocenters. The van der Waals surface area contributed by atoms with E-state index in [0.717, 1.165) is 15.6 Å². The summed E-state index contributed by atoms with van der Waals surface area (Å²) in [6.45, 7) is 1.88. The van der Waals surface area contributed by atoms with Crippen LogP contribution in [0.4, 0.5) is 5.69 Å². The van der Waals surface area contributed by atoms with Crippen molar-refractivity contribution in [1.29, 1.82) is 0 Å². The van der Waals surface area contributed by atoms with Crippen LogP contribution in [-0.2, 0) is 21.2 Å². The zero-order chi connectivity index (χ0) is 20.9. The molecule has 0 aromatic heterocycles. The summed E-state index contributed by atoms with van der Waals surface area (Å²) in [5, 5.41) is 2.79. The zero-order valence-electron chi connectivity index (χ0n) is 15.8. The first kappa shape index (κ1) is 21.2. The molecule has 0 fully saturated rings. The van der Waals surface area contributed by atoms with Gasteiger partial charge in [0.1, 0.15) is 6.04 Å². The Morgan fingerprint density at radius 2 is 1.55 bits per heavy atom. The summed E-state index contributed by atoms with van der Waals surface area (Å²) in [5.74, 6) is -0.424. The van der Waals surface area contributed by atoms with E-state index in [0.29, 0.717) is 5.69 Å². The fraction of sp³-hybridized carbons (Fsp3) is 0.136. The molecule has 0 bridgehead atoms. The molecule has 7 heteroatoms. The van der Waals surface area contributed by atoms with Gasteiger partial charge in [-0.1, -0.05) is 64.0 Å². The predicted molar refractivity (Wildman–Crippen MR) is 118 cm³/mol. The van der Waals surface area contributed by atoms with Crippen molar-refractivity contribution < 1.29 is 13.2 Å². The average molecular weight is 473 g/mol. The standard InChI is InChI=1S/C22H21BrN2O3S/c1-16-7-13-20(14-8-16)29(27,28)25-21(15-17-5-3-2-4-6-17)22(26)24-19-11-9-18(23)10-12-19/h2-14,21,25H,15H2,1H3,(H,24,26)/t21-/m0/s1. The molecule has 0 aliphatic carbocycles. The van der Waals surface area contributed by atoms with E-state index in [4.69, 9.17) is 0 Å². The van der Waals surface area contributed by atoms with Gasteiger partial charge < -0.3 is 5.32 Å². The average Bonchev–Trinajstić information content (AvgIpc) is 2.70. The van der Waals surface area contributed by atoms with Crippen molar-refractivity contribution >= 4 is 37.5 Å². The number of anilines is 1. The summed E-state index contributed by atoms with van der Waals surface area (Å²) in [4.78, 5) is 13.0. The number of carbonyl (C=O) groups excluding carboxylic acids is 1. The second kappa shape index (κ2) is 9.35. The van der Waals surface area contributed by atoms with Crippen molar-refractivity contribution in [2.24, 2.45) is 0 Å². The summed E-state index contributed by atoms with van der Waals surface area (Å²) in [7, 11) is -3.86. The van der Waals surface area contributed by atoms with Crippen molar-refractivity contribution in [3.05, 3.63) is 94.5 Å². The maximum atomic E-state index is 12.9. The number of sulfonamides is 1. The molecule has 0 aliphatic rings. The smallest absolute Gasteiger partial charge is 0.242 e. The van der Waals surface area contributed by atoms with Crippen LogP contribution in [0.15, 0.2) is 88.2 Å². The Kier molecular flexibility index (Phi) is 6.84. The molecule has 0 unspecified atom stereocenters. The second-order valence-electron chi connectivity index (χ2n) is 6.67. The summed E-state index contributed by atoms with van der Waals surface area (Å²) in [5.41, 5.74) is 2.40. The fourth-order valence-corrected chi connectivity index (χ4v) is 4.23. The number of nitrogens with one attached hydrogen (secondary N) is 2. The number of hydrogen-bond donors (Lipinski definition) is 2. The molecule has 0 heterocycles. The predicted octanol–water partition coefficient (Wildman–Crippen LogP) is 4.29. The highest BCUT2D eigenvalue weighted by Gasteiger charge is 2.26. The minimum atomic E-state index is -3.86. The van der Waals surface area contributed by atoms with Gasteiger partial charge >= 0.3 is 0 Å². The van der Waals surface area contributed by atoms with Crippen molar-refractivity contribution in [2.45, 2.75) is 24.3 Å². The van der Waals surface area contributed by atoms with Gasteiger partial charge in [-0.25, -0.2) is 8.42 Å². The van der Waals surface area contributed by atoms with E-state index in [1.165, 1.54) is 12.1 Å². The molecule has 0 aliphatic heterocycles. The monoisotopic (exact) mass is 472 g/mol. The van der Waals surface area contributed by atoms with E-state index < -0.39 is 22.0 Å². The normalized spacial score (nSPS) is 12.3. The molecular weight excluding hydrogens is 452 g/mol. The van der Waals surface area contributed by atoms with Gasteiger partial charge in [-0.05, 0) is 55.3 Å². The molecule has 0 radical (unpaired) electrons. The first-order valence-corrected chi connectivity index (χ1v) is 11.3. The molecule has 2 N–H and O–H groups in total. The lowest BCUT2D eigenvalue weighted by molar-refractivity contribution is -0.117. The molecule has 0 saturated heterocycles. The van der Waals surface area contributed by atoms with Crippen LogP contribution in [0.2, 0.25) is 0 Å². The highest BCUT2D eigenvalue weighted by Crippen LogP contribution is 2.16. The molecule has 0 saturated carbocycles. The first-order chi connectivity index (χ1) is 13.8. The topological polar surface area (TPSA) is 75.3 Å². The number of hydrogen-bond acceptors (Lipinski definition) is 3. The molecule has 3 rings (SSSR count). The van der Waals surface area contributed by atoms with Crippen molar-refractivity contribution in [3.63, 3.8) is 0 Å². The van der Waals surface area contributed by atoms with Gasteiger partial charge in [0, 0.05) is 10.2 Å². The Balaban J connectivity index is 1.84. The third-order valence-electron chi connectivity index (χ3n) is 4.34. The van der Waals surface area contributed by atoms with Crippen LogP contribution in [0.25, 0.3) is 0 Å². The maximum absolute atomic E-state index is 12.9. The van der Waals surface area contributed by atoms with E-state index in [2.05, 4.69) is 26.0 Å². The van der Waals surface area contributed by atoms with Gasteiger partial charge in [0.15, 0.2) is 0 Å². The Morgan fingerprint density at radius 3 is 2.17 bits per heavy atom. The lowest BCUT2D eigenvalue weighted by Crippen LogP contribution is -2.45. The van der Waals surface area contributed by atoms with E-state index >= 15 is 0 Å². The molecule has 29 heavy (non-hydrogen) atoms. The van der Waals surface area contributed by atoms with Crippen LogP contribution >= 0.6 is 15.9 Å². The van der Waals surface area contributed by atoms with Gasteiger partial charge in [0.25, 0.3) is 0 Å². The number of benzene rings is 3. The van der Waals surface area contributed by atoms with E-state index in [1.54, 1.807) is 36.4 Å². The lowest BCUT2D eigenvalue weighted by Gasteiger charge is -2.19. The fourth-order valence-electron chi connectivity index (χ4n) is 2.77. The van der Waals surface area contributed by atoms with Crippen LogP contribution in [0, 0.1) is 6.92 Å². The van der Waals surface area contributed by atoms with Gasteiger partial charge in [0.2, 0.25) is 15.9 Å². The van der Waals surface area contributed by atoms with Crippen molar-refractivity contribution in [2.75, 3.05) is 5.32 Å². The minimum Gasteiger partial charge on any atom is -0.325 e. The van der Waals surface area contributed by atoms with Crippen LogP contribution in [-0.4, -0.2) is 20.4 Å². The van der Waals surface area contributed by atoms with Crippen molar-refractivity contribution in [3.8, 4) is 0 Å². The quantitative estimate of drug-likeness (QED) is 0.538. The molecule has 3 aromatic rings. The number of rotatable bonds is 7. The Morgan fingerprint density at radius 1 is 0.931 bits per heavy atom. The lowest BCUT2D eigenvalue weighted by atomic mass is 10.1. The second-order valence-corrected chi connectivity index (χ2v) is 9.30. The highest BCUT2D eigenvalue weighted by atomic mass is 79.9. The minimum absolute atomic E-state index is 0.123. The van der Waals surface area contributed by atoms with Crippen LogP contribution in [0.3, 0.4) is 0 Å². The van der Waals surface area contributed by atoms with E-state index in [-0.39, 0.29) is 11.3 Å². The molecule has 0 spiro atoms. The number of aryl methyl sites for hydroxylation is 1. The van der Waals surface area contributed by atoms with E-state index in [1.807, 2.05) is 37.3 Å². The summed E-state index contributed by atoms with van der Waals surface area (Å²) in [6, 6.07) is 22.0. The van der Waals surface area contributed by atoms with Gasteiger partial charge in [-0.2, -0.15) is 4.72 Å². The van der Waals surface area contributed by atoms with Crippen LogP contribution < -0.4 is 10.0 Å². The largest absolute Gasteiger partial charge is 0.325 e. The van der Waals surface area contributed by atoms with Gasteiger partial charge in [-0.3, -0.25) is 4.79 Å².